The number of carbonyl (C=O) groups excluding carboxylic acids is 4. The van der Waals surface area contributed by atoms with Crippen molar-refractivity contribution in [2.75, 3.05) is 52.9 Å². The van der Waals surface area contributed by atoms with Crippen LogP contribution >= 0.6 is 11.3 Å². The number of nitrogens with two attached hydrogens (primary N) is 2. The van der Waals surface area contributed by atoms with Crippen LogP contribution in [-0.2, 0) is 31.7 Å². The van der Waals surface area contributed by atoms with Crippen LogP contribution in [0.2, 0.25) is 0 Å². The third-order valence-electron chi connectivity index (χ3n) is 14.7. The highest BCUT2D eigenvalue weighted by Crippen LogP contribution is 2.43. The van der Waals surface area contributed by atoms with Crippen LogP contribution in [-0.4, -0.2) is 138 Å². The average molecular weight is 1040 g/mol. The van der Waals surface area contributed by atoms with Gasteiger partial charge in [0.25, 0.3) is 5.91 Å². The predicted octanol–water partition coefficient (Wildman–Crippen LogP) is 5.58. The van der Waals surface area contributed by atoms with Crippen molar-refractivity contribution >= 4 is 35.0 Å². The second kappa shape index (κ2) is 22.5. The summed E-state index contributed by atoms with van der Waals surface area (Å²) in [6.45, 7) is 16.9. The number of nitrogens with one attached hydrogen (secondary N) is 3. The number of benzene rings is 3. The van der Waals surface area contributed by atoms with Crippen molar-refractivity contribution in [3.05, 3.63) is 106 Å². The van der Waals surface area contributed by atoms with Crippen LogP contribution in [0.1, 0.15) is 98.7 Å². The fourth-order valence-electron chi connectivity index (χ4n) is 10.5. The number of nitrogens with zero attached hydrogens (tertiary/aromatic N) is 5. The van der Waals surface area contributed by atoms with Crippen molar-refractivity contribution in [1.82, 2.24) is 35.6 Å². The second-order valence-electron chi connectivity index (χ2n) is 21.5. The number of thiazole rings is 1. The standard InChI is InChI=1S/C54H69F3N10O6S/c1-32(35-15-17-36(18-16-35)44-33(2)61-31-74-44)62-47(70)42-27-40(72-8)29-67(42)48(71)45(51(3,4)5)63-43(68)30-66-24-22-65(23-25-66)21-9-10-34-11-13-37(14-12-34)46(69)64-49-52(6,59)50(53(49,7)60)73-39-20-19-38(28-58)41(26-39)54(55,56)57/h11-20,26,31-32,40,42,45,49-50H,9-10,21-25,27,29-30,59-60H2,1-8H3,(H,62,70)(H,63,68)(H,64,69)/t32-,40+,42-,45+,49-,50-,52?,53?/m0/s1. The maximum atomic E-state index is 14.4. The van der Waals surface area contributed by atoms with E-state index < -0.39 is 63.9 Å². The molecular formula is C54H69F3N10O6S. The molecule has 2 unspecified atom stereocenters. The van der Waals surface area contributed by atoms with Crippen molar-refractivity contribution in [2.45, 2.75) is 121 Å². The van der Waals surface area contributed by atoms with Gasteiger partial charge in [-0.3, -0.25) is 24.1 Å². The molecule has 0 spiro atoms. The zero-order chi connectivity index (χ0) is 53.9. The van der Waals surface area contributed by atoms with E-state index in [1.54, 1.807) is 55.4 Å². The maximum absolute atomic E-state index is 14.4. The summed E-state index contributed by atoms with van der Waals surface area (Å²) in [4.78, 5) is 66.8. The number of amides is 4. The quantitative estimate of drug-likeness (QED) is 0.0876. The maximum Gasteiger partial charge on any atom is 0.417 e. The van der Waals surface area contributed by atoms with Crippen molar-refractivity contribution in [3.63, 3.8) is 0 Å². The smallest absolute Gasteiger partial charge is 0.417 e. The van der Waals surface area contributed by atoms with Crippen molar-refractivity contribution in [1.29, 1.82) is 5.26 Å². The number of rotatable bonds is 17. The first kappa shape index (κ1) is 55.8. The summed E-state index contributed by atoms with van der Waals surface area (Å²) in [5, 5.41) is 18.2. The fourth-order valence-corrected chi connectivity index (χ4v) is 11.3. The van der Waals surface area contributed by atoms with Gasteiger partial charge in [0, 0.05) is 51.8 Å². The topological polar surface area (TPSA) is 221 Å². The van der Waals surface area contributed by atoms with Gasteiger partial charge in [0.1, 0.15) is 23.9 Å². The van der Waals surface area contributed by atoms with Crippen LogP contribution in [0.5, 0.6) is 5.75 Å². The Kier molecular flexibility index (Phi) is 17.0. The molecule has 3 aromatic carbocycles. The Labute approximate surface area is 435 Å². The van der Waals surface area contributed by atoms with Gasteiger partial charge in [-0.25, -0.2) is 4.98 Å². The number of halogens is 3. The molecule has 1 aromatic heterocycles. The number of hydrogen-bond acceptors (Lipinski definition) is 13. The highest BCUT2D eigenvalue weighted by Gasteiger charge is 2.66. The minimum absolute atomic E-state index is 0.131. The second-order valence-corrected chi connectivity index (χ2v) is 22.3. The number of aromatic nitrogens is 1. The van der Waals surface area contributed by atoms with E-state index in [-0.39, 0.29) is 48.7 Å². The lowest BCUT2D eigenvalue weighted by molar-refractivity contribution is -0.144. The average Bonchev–Trinajstić information content (AvgIpc) is 4.00. The number of likely N-dealkylation sites (tertiary alicyclic amines) is 1. The lowest BCUT2D eigenvalue weighted by atomic mass is 9.58. The molecular weight excluding hydrogens is 974 g/mol. The molecule has 398 valence electrons. The Hall–Kier alpha value is -5.95. The Bertz CT molecular complexity index is 2680. The first-order chi connectivity index (χ1) is 34.8. The largest absolute Gasteiger partial charge is 0.486 e. The zero-order valence-electron chi connectivity index (χ0n) is 43.3. The molecule has 20 heteroatoms. The van der Waals surface area contributed by atoms with E-state index in [1.807, 2.05) is 76.5 Å². The van der Waals surface area contributed by atoms with Crippen LogP contribution in [0.3, 0.4) is 0 Å². The summed E-state index contributed by atoms with van der Waals surface area (Å²) < 4.78 is 52.3. The van der Waals surface area contributed by atoms with Gasteiger partial charge in [0.05, 0.1) is 69.1 Å². The summed E-state index contributed by atoms with van der Waals surface area (Å²) in [6, 6.07) is 17.1. The van der Waals surface area contributed by atoms with E-state index in [9.17, 15) is 32.3 Å². The molecule has 6 atom stereocenters. The Morgan fingerprint density at radius 3 is 2.18 bits per heavy atom. The van der Waals surface area contributed by atoms with Crippen molar-refractivity contribution in [3.8, 4) is 22.3 Å². The van der Waals surface area contributed by atoms with Crippen molar-refractivity contribution in [2.24, 2.45) is 16.9 Å². The minimum Gasteiger partial charge on any atom is -0.486 e. The number of aryl methyl sites for hydroxylation is 2. The molecule has 1 aliphatic carbocycles. The molecule has 3 aliphatic rings. The van der Waals surface area contributed by atoms with Gasteiger partial charge in [0.2, 0.25) is 17.7 Å². The summed E-state index contributed by atoms with van der Waals surface area (Å²) >= 11 is 1.58. The van der Waals surface area contributed by atoms with E-state index >= 15 is 0 Å². The van der Waals surface area contributed by atoms with E-state index in [2.05, 4.69) is 30.7 Å². The lowest BCUT2D eigenvalue weighted by Gasteiger charge is -2.61. The predicted molar refractivity (Wildman–Crippen MR) is 276 cm³/mol. The zero-order valence-corrected chi connectivity index (χ0v) is 44.2. The molecule has 3 fully saturated rings. The third-order valence-corrected chi connectivity index (χ3v) is 15.7. The van der Waals surface area contributed by atoms with Gasteiger partial charge in [-0.1, -0.05) is 57.2 Å². The van der Waals surface area contributed by atoms with Gasteiger partial charge < -0.3 is 46.7 Å². The SMILES string of the molecule is CO[C@@H]1C[C@@H](C(=O)N[C@@H](C)c2ccc(-c3scnc3C)cc2)N(C(=O)[C@@H](NC(=O)CN2CCN(CCCc3ccc(C(=O)N[C@H]4C(C)(N)[C@H](Oc5ccc(C#N)c(C(F)(F)F)c5)C4(C)N)cc3)CC2)C(C)(C)C)C1. The molecule has 7 N–H and O–H groups in total. The summed E-state index contributed by atoms with van der Waals surface area (Å²) in [5.41, 5.74) is 14.6. The molecule has 7 rings (SSSR count). The number of alkyl halides is 3. The number of ether oxygens (including phenoxy) is 2. The summed E-state index contributed by atoms with van der Waals surface area (Å²) in [5.74, 6) is -1.42. The van der Waals surface area contributed by atoms with E-state index in [1.165, 1.54) is 6.07 Å². The van der Waals surface area contributed by atoms with Crippen LogP contribution in [0.25, 0.3) is 10.4 Å². The molecule has 4 aromatic rings. The van der Waals surface area contributed by atoms with Crippen molar-refractivity contribution < 1.29 is 41.8 Å². The molecule has 3 heterocycles. The number of nitriles is 1. The van der Waals surface area contributed by atoms with Gasteiger partial charge in [-0.15, -0.1) is 11.3 Å². The van der Waals surface area contributed by atoms with Crippen LogP contribution in [0.4, 0.5) is 13.2 Å². The van der Waals surface area contributed by atoms with Gasteiger partial charge in [-0.05, 0) is 99.5 Å². The molecule has 2 saturated heterocycles. The molecule has 74 heavy (non-hydrogen) atoms. The highest BCUT2D eigenvalue weighted by molar-refractivity contribution is 7.13. The van der Waals surface area contributed by atoms with Gasteiger partial charge >= 0.3 is 6.18 Å². The molecule has 0 radical (unpaired) electrons. The number of carbonyl (C=O) groups is 4. The molecule has 16 nitrogen and oxygen atoms in total. The summed E-state index contributed by atoms with van der Waals surface area (Å²) in [7, 11) is 1.57. The molecule has 4 amide bonds. The monoisotopic (exact) mass is 1040 g/mol. The number of piperazine rings is 1. The van der Waals surface area contributed by atoms with E-state index in [4.69, 9.17) is 26.2 Å². The summed E-state index contributed by atoms with van der Waals surface area (Å²) in [6.07, 6.45) is -4.09. The fraction of sp³-hybridized carbons (Fsp3) is 0.519. The van der Waals surface area contributed by atoms with Crippen LogP contribution in [0, 0.1) is 23.7 Å². The molecule has 1 saturated carbocycles. The Morgan fingerprint density at radius 2 is 1.59 bits per heavy atom. The van der Waals surface area contributed by atoms with Crippen LogP contribution < -0.4 is 32.2 Å². The first-order valence-electron chi connectivity index (χ1n) is 25.0. The normalized spacial score (nSPS) is 24.3. The van der Waals surface area contributed by atoms with Gasteiger partial charge in [0.15, 0.2) is 0 Å². The molecule has 2 aliphatic heterocycles. The van der Waals surface area contributed by atoms with Gasteiger partial charge in [-0.2, -0.15) is 18.4 Å². The minimum atomic E-state index is -4.77. The Balaban J connectivity index is 0.844. The highest BCUT2D eigenvalue weighted by atomic mass is 32.1. The molecule has 0 bridgehead atoms. The van der Waals surface area contributed by atoms with E-state index in [0.717, 1.165) is 71.9 Å². The number of methoxy groups -OCH3 is 1. The first-order valence-corrected chi connectivity index (χ1v) is 25.8. The Morgan fingerprint density at radius 1 is 0.946 bits per heavy atom. The number of hydrogen-bond donors (Lipinski definition) is 5. The third kappa shape index (κ3) is 12.6. The van der Waals surface area contributed by atoms with Crippen LogP contribution in [0.15, 0.2) is 72.2 Å². The van der Waals surface area contributed by atoms with E-state index in [0.29, 0.717) is 25.1 Å². The lowest BCUT2D eigenvalue weighted by Crippen LogP contribution is -2.90.